The molecule has 0 atom stereocenters. The minimum absolute atomic E-state index is 0.183. The average Bonchev–Trinajstić information content (AvgIpc) is 2.82. The van der Waals surface area contributed by atoms with E-state index in [1.54, 1.807) is 18.7 Å². The van der Waals surface area contributed by atoms with Crippen LogP contribution in [0.3, 0.4) is 0 Å². The molecule has 2 heterocycles. The Kier molecular flexibility index (Phi) is 3.09. The number of hydrogen-bond acceptors (Lipinski definition) is 4. The fraction of sp³-hybridized carbons (Fsp3) is 0.214. The van der Waals surface area contributed by atoms with E-state index in [-0.39, 0.29) is 5.52 Å². The maximum Gasteiger partial charge on any atom is 0.329 e. The predicted octanol–water partition coefficient (Wildman–Crippen LogP) is 0.539. The largest absolute Gasteiger partial charge is 0.460 e. The molecule has 2 aromatic heterocycles. The minimum atomic E-state index is -0.515. The van der Waals surface area contributed by atoms with Crippen molar-refractivity contribution < 1.29 is 4.74 Å². The number of imidazole rings is 1. The number of benzene rings is 1. The minimum Gasteiger partial charge on any atom is -0.460 e. The van der Waals surface area contributed by atoms with Crippen molar-refractivity contribution in [2.45, 2.75) is 6.61 Å². The van der Waals surface area contributed by atoms with Gasteiger partial charge in [-0.1, -0.05) is 30.3 Å². The van der Waals surface area contributed by atoms with Crippen LogP contribution in [0.4, 0.5) is 0 Å². The number of ether oxygens (including phenoxy) is 1. The number of fused-ring (bicyclic) bond motifs is 1. The Bertz CT molecular complexity index is 906. The van der Waals surface area contributed by atoms with Gasteiger partial charge in [0.1, 0.15) is 6.61 Å². The Morgan fingerprint density at radius 1 is 1.14 bits per heavy atom. The zero-order chi connectivity index (χ0) is 15.0. The van der Waals surface area contributed by atoms with Gasteiger partial charge in [0.05, 0.1) is 0 Å². The second-order valence-corrected chi connectivity index (χ2v) is 4.72. The normalized spacial score (nSPS) is 11.0. The van der Waals surface area contributed by atoms with Crippen LogP contribution < -0.4 is 16.0 Å². The third-order valence-corrected chi connectivity index (χ3v) is 3.29. The molecule has 1 aromatic carbocycles. The predicted molar refractivity (Wildman–Crippen MR) is 77.3 cm³/mol. The van der Waals surface area contributed by atoms with Gasteiger partial charge in [0.2, 0.25) is 0 Å². The van der Waals surface area contributed by atoms with Crippen molar-refractivity contribution >= 4 is 11.2 Å². The van der Waals surface area contributed by atoms with E-state index in [9.17, 15) is 9.59 Å². The van der Waals surface area contributed by atoms with Crippen molar-refractivity contribution in [3.05, 3.63) is 56.7 Å². The molecule has 0 saturated carbocycles. The molecule has 0 aliphatic carbocycles. The second kappa shape index (κ2) is 4.93. The van der Waals surface area contributed by atoms with Gasteiger partial charge in [0.15, 0.2) is 11.2 Å². The van der Waals surface area contributed by atoms with E-state index < -0.39 is 11.2 Å². The summed E-state index contributed by atoms with van der Waals surface area (Å²) in [5.74, 6) is 0. The van der Waals surface area contributed by atoms with E-state index in [0.717, 1.165) is 5.56 Å². The number of aromatic nitrogens is 4. The van der Waals surface area contributed by atoms with Crippen LogP contribution in [0, 0.1) is 0 Å². The summed E-state index contributed by atoms with van der Waals surface area (Å²) >= 11 is 0. The van der Waals surface area contributed by atoms with Gasteiger partial charge in [-0.15, -0.1) is 0 Å². The lowest BCUT2D eigenvalue weighted by atomic mass is 10.2. The first-order valence-electron chi connectivity index (χ1n) is 6.40. The lowest BCUT2D eigenvalue weighted by Crippen LogP contribution is -2.29. The van der Waals surface area contributed by atoms with E-state index in [0.29, 0.717) is 18.3 Å². The first-order valence-corrected chi connectivity index (χ1v) is 6.40. The zero-order valence-corrected chi connectivity index (χ0v) is 11.7. The number of aromatic amines is 1. The summed E-state index contributed by atoms with van der Waals surface area (Å²) < 4.78 is 8.57. The Morgan fingerprint density at radius 3 is 2.57 bits per heavy atom. The van der Waals surface area contributed by atoms with Crippen LogP contribution in [0.2, 0.25) is 0 Å². The highest BCUT2D eigenvalue weighted by Gasteiger charge is 2.15. The van der Waals surface area contributed by atoms with Gasteiger partial charge in [-0.25, -0.2) is 4.79 Å². The van der Waals surface area contributed by atoms with Crippen LogP contribution in [-0.2, 0) is 20.7 Å². The van der Waals surface area contributed by atoms with Crippen LogP contribution in [0.5, 0.6) is 6.01 Å². The van der Waals surface area contributed by atoms with E-state index in [2.05, 4.69) is 9.97 Å². The molecule has 7 heteroatoms. The Labute approximate surface area is 119 Å². The Hall–Kier alpha value is -2.83. The van der Waals surface area contributed by atoms with Gasteiger partial charge in [0, 0.05) is 14.1 Å². The molecule has 3 aromatic rings. The maximum atomic E-state index is 11.8. The van der Waals surface area contributed by atoms with Gasteiger partial charge in [-0.3, -0.25) is 18.9 Å². The molecule has 0 aliphatic rings. The number of hydrogen-bond donors (Lipinski definition) is 1. The van der Waals surface area contributed by atoms with Crippen molar-refractivity contribution in [2.24, 2.45) is 14.1 Å². The highest BCUT2D eigenvalue weighted by molar-refractivity contribution is 5.71. The van der Waals surface area contributed by atoms with Gasteiger partial charge < -0.3 is 4.74 Å². The highest BCUT2D eigenvalue weighted by atomic mass is 16.5. The first-order chi connectivity index (χ1) is 10.1. The first kappa shape index (κ1) is 13.2. The van der Waals surface area contributed by atoms with Crippen LogP contribution in [-0.4, -0.2) is 19.1 Å². The summed E-state index contributed by atoms with van der Waals surface area (Å²) in [4.78, 5) is 29.8. The maximum absolute atomic E-state index is 11.8. The van der Waals surface area contributed by atoms with Crippen molar-refractivity contribution in [1.29, 1.82) is 0 Å². The summed E-state index contributed by atoms with van der Waals surface area (Å²) in [6, 6.07) is 9.93. The number of nitrogens with one attached hydrogen (secondary N) is 1. The van der Waals surface area contributed by atoms with Gasteiger partial charge in [0.25, 0.3) is 11.6 Å². The molecule has 0 spiro atoms. The molecule has 0 unspecified atom stereocenters. The van der Waals surface area contributed by atoms with Crippen LogP contribution in [0.15, 0.2) is 39.9 Å². The van der Waals surface area contributed by atoms with Crippen molar-refractivity contribution in [1.82, 2.24) is 19.1 Å². The van der Waals surface area contributed by atoms with Crippen LogP contribution in [0.25, 0.3) is 11.2 Å². The third kappa shape index (κ3) is 2.22. The third-order valence-electron chi connectivity index (χ3n) is 3.29. The number of nitrogens with zero attached hydrogens (tertiary/aromatic N) is 3. The SMILES string of the molecule is Cn1c(OCc2ccccc2)nc2c(=O)[nH]c(=O)n(C)c21. The fourth-order valence-electron chi connectivity index (χ4n) is 2.19. The zero-order valence-electron chi connectivity index (χ0n) is 11.7. The summed E-state index contributed by atoms with van der Waals surface area (Å²) in [5, 5.41) is 0. The van der Waals surface area contributed by atoms with Crippen molar-refractivity contribution in [2.75, 3.05) is 0 Å². The number of rotatable bonds is 3. The average molecular weight is 286 g/mol. The summed E-state index contributed by atoms with van der Waals surface area (Å²) in [7, 11) is 3.28. The molecule has 1 N–H and O–H groups in total. The molecule has 3 rings (SSSR count). The van der Waals surface area contributed by atoms with Crippen molar-refractivity contribution in [3.63, 3.8) is 0 Å². The Balaban J connectivity index is 2.03. The van der Waals surface area contributed by atoms with Gasteiger partial charge in [-0.2, -0.15) is 4.98 Å². The molecular formula is C14H14N4O3. The lowest BCUT2D eigenvalue weighted by Gasteiger charge is -2.06. The van der Waals surface area contributed by atoms with E-state index in [4.69, 9.17) is 4.74 Å². The van der Waals surface area contributed by atoms with Crippen LogP contribution in [0.1, 0.15) is 5.56 Å². The monoisotopic (exact) mass is 286 g/mol. The van der Waals surface area contributed by atoms with E-state index >= 15 is 0 Å². The molecule has 0 amide bonds. The summed E-state index contributed by atoms with van der Waals surface area (Å²) in [5.41, 5.74) is 0.602. The number of aryl methyl sites for hydroxylation is 2. The number of H-pyrrole nitrogens is 1. The highest BCUT2D eigenvalue weighted by Crippen LogP contribution is 2.16. The fourth-order valence-corrected chi connectivity index (χ4v) is 2.19. The quantitative estimate of drug-likeness (QED) is 0.762. The topological polar surface area (TPSA) is 81.9 Å². The standard InChI is InChI=1S/C14H14N4O3/c1-17-12-10(11(19)16-13(17)20)15-14(18(12)2)21-8-9-6-4-3-5-7-9/h3-7H,8H2,1-2H3,(H,16,19,20). The molecule has 7 nitrogen and oxygen atoms in total. The molecule has 108 valence electrons. The molecule has 0 saturated heterocycles. The smallest absolute Gasteiger partial charge is 0.329 e. The van der Waals surface area contributed by atoms with Crippen LogP contribution >= 0.6 is 0 Å². The molecular weight excluding hydrogens is 272 g/mol. The molecule has 0 bridgehead atoms. The Morgan fingerprint density at radius 2 is 1.86 bits per heavy atom. The summed E-state index contributed by atoms with van der Waals surface area (Å²) in [6.45, 7) is 0.337. The van der Waals surface area contributed by atoms with E-state index in [1.807, 2.05) is 30.3 Å². The molecule has 0 aliphatic heterocycles. The summed E-state index contributed by atoms with van der Waals surface area (Å²) in [6.07, 6.45) is 0. The van der Waals surface area contributed by atoms with Gasteiger partial charge >= 0.3 is 5.69 Å². The molecule has 21 heavy (non-hydrogen) atoms. The molecule has 0 fully saturated rings. The molecule has 0 radical (unpaired) electrons. The van der Waals surface area contributed by atoms with Gasteiger partial charge in [-0.05, 0) is 5.56 Å². The second-order valence-electron chi connectivity index (χ2n) is 4.72. The van der Waals surface area contributed by atoms with Crippen molar-refractivity contribution in [3.8, 4) is 6.01 Å². The lowest BCUT2D eigenvalue weighted by molar-refractivity contribution is 0.273. The van der Waals surface area contributed by atoms with E-state index in [1.165, 1.54) is 4.57 Å².